The third-order valence-electron chi connectivity index (χ3n) is 5.97. The fourth-order valence-electron chi connectivity index (χ4n) is 4.27. The van der Waals surface area contributed by atoms with Crippen molar-refractivity contribution in [2.75, 3.05) is 26.8 Å². The maximum atomic E-state index is 6.24. The molecule has 0 amide bonds. The molecule has 2 aromatic carbocycles. The average molecular weight is 382 g/mol. The number of nitrogens with zero attached hydrogens (tertiary/aromatic N) is 1. The minimum atomic E-state index is 0.401. The van der Waals surface area contributed by atoms with Crippen molar-refractivity contribution in [2.45, 2.75) is 57.6 Å². The number of hydrogen-bond donors (Lipinski definition) is 0. The van der Waals surface area contributed by atoms with E-state index in [2.05, 4.69) is 66.4 Å². The van der Waals surface area contributed by atoms with Crippen molar-refractivity contribution in [3.63, 3.8) is 0 Å². The fraction of sp³-hybridized carbons (Fsp3) is 0.520. The Morgan fingerprint density at radius 3 is 2.61 bits per heavy atom. The number of para-hydroxylation sites is 1. The molecule has 0 spiro atoms. The molecule has 3 heteroatoms. The second-order valence-corrected chi connectivity index (χ2v) is 7.74. The second kappa shape index (κ2) is 11.2. The fourth-order valence-corrected chi connectivity index (χ4v) is 4.27. The maximum Gasteiger partial charge on any atom is 0.127 e. The van der Waals surface area contributed by atoms with Gasteiger partial charge in [-0.05, 0) is 50.3 Å². The Morgan fingerprint density at radius 1 is 1.04 bits per heavy atom. The van der Waals surface area contributed by atoms with E-state index in [1.54, 1.807) is 0 Å². The SMILES string of the molecule is CCC(CC[C@@H]1CCCCN1CCOc1ccccc1-c1ccccc1)OC. The van der Waals surface area contributed by atoms with Crippen LogP contribution in [0.25, 0.3) is 11.1 Å². The lowest BCUT2D eigenvalue weighted by Gasteiger charge is -2.36. The Morgan fingerprint density at radius 2 is 1.82 bits per heavy atom. The highest BCUT2D eigenvalue weighted by Crippen LogP contribution is 2.29. The number of piperidine rings is 1. The van der Waals surface area contributed by atoms with E-state index in [-0.39, 0.29) is 0 Å². The van der Waals surface area contributed by atoms with Gasteiger partial charge in [-0.25, -0.2) is 0 Å². The van der Waals surface area contributed by atoms with Gasteiger partial charge in [0.25, 0.3) is 0 Å². The molecule has 2 atom stereocenters. The lowest BCUT2D eigenvalue weighted by molar-refractivity contribution is 0.0665. The Labute approximate surface area is 170 Å². The van der Waals surface area contributed by atoms with Crippen LogP contribution in [-0.2, 0) is 4.74 Å². The Kier molecular flexibility index (Phi) is 8.38. The zero-order valence-corrected chi connectivity index (χ0v) is 17.5. The first-order valence-electron chi connectivity index (χ1n) is 10.9. The molecule has 1 aliphatic heterocycles. The first-order chi connectivity index (χ1) is 13.8. The number of benzene rings is 2. The minimum absolute atomic E-state index is 0.401. The Balaban J connectivity index is 1.55. The molecule has 0 radical (unpaired) electrons. The normalized spacial score (nSPS) is 18.7. The van der Waals surface area contributed by atoms with Crippen LogP contribution in [0.5, 0.6) is 5.75 Å². The molecule has 1 heterocycles. The predicted octanol–water partition coefficient (Wildman–Crippen LogP) is 5.79. The molecule has 28 heavy (non-hydrogen) atoms. The van der Waals surface area contributed by atoms with Crippen molar-refractivity contribution in [3.05, 3.63) is 54.6 Å². The van der Waals surface area contributed by atoms with Crippen molar-refractivity contribution in [1.82, 2.24) is 4.90 Å². The van der Waals surface area contributed by atoms with Crippen LogP contribution >= 0.6 is 0 Å². The molecule has 1 fully saturated rings. The monoisotopic (exact) mass is 381 g/mol. The van der Waals surface area contributed by atoms with Crippen molar-refractivity contribution >= 4 is 0 Å². The van der Waals surface area contributed by atoms with Crippen LogP contribution in [-0.4, -0.2) is 43.9 Å². The zero-order chi connectivity index (χ0) is 19.6. The quantitative estimate of drug-likeness (QED) is 0.520. The van der Waals surface area contributed by atoms with Gasteiger partial charge in [0.15, 0.2) is 0 Å². The standard InChI is InChI=1S/C25H35NO2/c1-3-23(27-2)17-16-22-13-9-10-18-26(22)19-20-28-25-15-8-7-14-24(25)21-11-5-4-6-12-21/h4-8,11-12,14-15,22-23H,3,9-10,13,16-20H2,1-2H3/t22-,23?/m0/s1. The van der Waals surface area contributed by atoms with Gasteiger partial charge in [-0.1, -0.05) is 61.9 Å². The smallest absolute Gasteiger partial charge is 0.127 e. The molecular weight excluding hydrogens is 346 g/mol. The van der Waals surface area contributed by atoms with Gasteiger partial charge >= 0.3 is 0 Å². The van der Waals surface area contributed by atoms with Gasteiger partial charge in [-0.2, -0.15) is 0 Å². The highest BCUT2D eigenvalue weighted by molar-refractivity contribution is 5.70. The van der Waals surface area contributed by atoms with Crippen LogP contribution in [0.4, 0.5) is 0 Å². The van der Waals surface area contributed by atoms with Crippen molar-refractivity contribution in [1.29, 1.82) is 0 Å². The first-order valence-corrected chi connectivity index (χ1v) is 10.9. The van der Waals surface area contributed by atoms with Crippen molar-refractivity contribution < 1.29 is 9.47 Å². The Hall–Kier alpha value is -1.84. The summed E-state index contributed by atoms with van der Waals surface area (Å²) in [6.07, 6.45) is 7.85. The van der Waals surface area contributed by atoms with E-state index < -0.39 is 0 Å². The van der Waals surface area contributed by atoms with Crippen LogP contribution in [0, 0.1) is 0 Å². The molecule has 0 aromatic heterocycles. The van der Waals surface area contributed by atoms with Crippen LogP contribution in [0.15, 0.2) is 54.6 Å². The molecule has 0 bridgehead atoms. The molecular formula is C25H35NO2. The molecule has 1 unspecified atom stereocenters. The number of hydrogen-bond acceptors (Lipinski definition) is 3. The lowest BCUT2D eigenvalue weighted by Crippen LogP contribution is -2.42. The number of ether oxygens (including phenoxy) is 2. The summed E-state index contributed by atoms with van der Waals surface area (Å²) in [6.45, 7) is 5.14. The molecule has 3 rings (SSSR count). The summed E-state index contributed by atoms with van der Waals surface area (Å²) in [4.78, 5) is 2.64. The van der Waals surface area contributed by atoms with E-state index >= 15 is 0 Å². The van der Waals surface area contributed by atoms with Gasteiger partial charge in [0.05, 0.1) is 6.10 Å². The van der Waals surface area contributed by atoms with Crippen LogP contribution in [0.3, 0.4) is 0 Å². The highest BCUT2D eigenvalue weighted by atomic mass is 16.5. The summed E-state index contributed by atoms with van der Waals surface area (Å²) in [5, 5.41) is 0. The third kappa shape index (κ3) is 5.83. The molecule has 0 N–H and O–H groups in total. The van der Waals surface area contributed by atoms with E-state index in [4.69, 9.17) is 9.47 Å². The van der Waals surface area contributed by atoms with Crippen LogP contribution in [0.1, 0.15) is 45.4 Å². The largest absolute Gasteiger partial charge is 0.492 e. The molecule has 0 saturated carbocycles. The summed E-state index contributed by atoms with van der Waals surface area (Å²) in [6, 6.07) is 19.5. The van der Waals surface area contributed by atoms with E-state index in [1.165, 1.54) is 43.4 Å². The summed E-state index contributed by atoms with van der Waals surface area (Å²) < 4.78 is 11.8. The molecule has 1 aliphatic rings. The highest BCUT2D eigenvalue weighted by Gasteiger charge is 2.23. The van der Waals surface area contributed by atoms with Gasteiger partial charge in [0, 0.05) is 25.3 Å². The van der Waals surface area contributed by atoms with Gasteiger partial charge in [0.2, 0.25) is 0 Å². The molecule has 2 aromatic rings. The van der Waals surface area contributed by atoms with Crippen molar-refractivity contribution in [2.24, 2.45) is 0 Å². The number of likely N-dealkylation sites (tertiary alicyclic amines) is 1. The summed E-state index contributed by atoms with van der Waals surface area (Å²) >= 11 is 0. The number of rotatable bonds is 10. The van der Waals surface area contributed by atoms with E-state index in [0.717, 1.165) is 31.7 Å². The zero-order valence-electron chi connectivity index (χ0n) is 17.5. The number of methoxy groups -OCH3 is 1. The molecule has 152 valence electrons. The van der Waals surface area contributed by atoms with Crippen molar-refractivity contribution in [3.8, 4) is 16.9 Å². The maximum absolute atomic E-state index is 6.24. The summed E-state index contributed by atoms with van der Waals surface area (Å²) in [5.74, 6) is 0.979. The van der Waals surface area contributed by atoms with E-state index in [0.29, 0.717) is 12.1 Å². The Bertz CT molecular complexity index is 684. The topological polar surface area (TPSA) is 21.7 Å². The molecule has 3 nitrogen and oxygen atoms in total. The lowest BCUT2D eigenvalue weighted by atomic mass is 9.96. The summed E-state index contributed by atoms with van der Waals surface area (Å²) in [7, 11) is 1.84. The predicted molar refractivity (Wildman–Crippen MR) is 117 cm³/mol. The van der Waals surface area contributed by atoms with E-state index in [9.17, 15) is 0 Å². The second-order valence-electron chi connectivity index (χ2n) is 7.74. The third-order valence-corrected chi connectivity index (χ3v) is 5.97. The van der Waals surface area contributed by atoms with Gasteiger partial charge in [-0.15, -0.1) is 0 Å². The van der Waals surface area contributed by atoms with Crippen LogP contribution in [0.2, 0.25) is 0 Å². The summed E-state index contributed by atoms with van der Waals surface area (Å²) in [5.41, 5.74) is 2.38. The van der Waals surface area contributed by atoms with Gasteiger partial charge in [0.1, 0.15) is 12.4 Å². The molecule has 1 saturated heterocycles. The van der Waals surface area contributed by atoms with Crippen LogP contribution < -0.4 is 4.74 Å². The van der Waals surface area contributed by atoms with Gasteiger partial charge in [-0.3, -0.25) is 4.90 Å². The van der Waals surface area contributed by atoms with Gasteiger partial charge < -0.3 is 9.47 Å². The minimum Gasteiger partial charge on any atom is -0.492 e. The van der Waals surface area contributed by atoms with E-state index in [1.807, 2.05) is 7.11 Å². The molecule has 0 aliphatic carbocycles. The average Bonchev–Trinajstić information content (AvgIpc) is 2.76. The first kappa shape index (κ1) is 20.9.